The number of carbonyl (C=O) groups is 2. The van der Waals surface area contributed by atoms with Crippen LogP contribution in [0.5, 0.6) is 11.5 Å². The predicted octanol–water partition coefficient (Wildman–Crippen LogP) is 5.07. The van der Waals surface area contributed by atoms with Crippen LogP contribution >= 0.6 is 0 Å². The molecular formula is C23H20F2O4. The van der Waals surface area contributed by atoms with Gasteiger partial charge in [0.25, 0.3) is 0 Å². The molecule has 2 aromatic rings. The zero-order valence-electron chi connectivity index (χ0n) is 15.8. The fraction of sp³-hybridized carbons (Fsp3) is 0.391. The van der Waals surface area contributed by atoms with Crippen molar-refractivity contribution >= 4 is 11.8 Å². The molecule has 1 unspecified atom stereocenters. The Hall–Kier alpha value is -2.76. The number of rotatable bonds is 1. The van der Waals surface area contributed by atoms with Crippen LogP contribution < -0.4 is 9.47 Å². The Morgan fingerprint density at radius 1 is 0.966 bits per heavy atom. The molecular weight excluding hydrogens is 378 g/mol. The van der Waals surface area contributed by atoms with Gasteiger partial charge in [-0.3, -0.25) is 9.59 Å². The molecule has 1 fully saturated rings. The van der Waals surface area contributed by atoms with Crippen LogP contribution in [-0.4, -0.2) is 17.4 Å². The first-order valence-corrected chi connectivity index (χ1v) is 10.0. The predicted molar refractivity (Wildman–Crippen MR) is 100 cm³/mol. The molecule has 0 amide bonds. The fourth-order valence-corrected chi connectivity index (χ4v) is 4.89. The molecule has 1 saturated carbocycles. The van der Waals surface area contributed by atoms with Crippen molar-refractivity contribution in [3.05, 3.63) is 58.7 Å². The lowest BCUT2D eigenvalue weighted by Crippen LogP contribution is -2.44. The second-order valence-electron chi connectivity index (χ2n) is 8.20. The van der Waals surface area contributed by atoms with Gasteiger partial charge in [-0.05, 0) is 55.5 Å². The molecule has 3 aliphatic rings. The highest BCUT2D eigenvalue weighted by molar-refractivity contribution is 6.01. The van der Waals surface area contributed by atoms with Crippen LogP contribution in [0.25, 0.3) is 0 Å². The zero-order chi connectivity index (χ0) is 20.2. The van der Waals surface area contributed by atoms with Crippen molar-refractivity contribution in [3.8, 4) is 11.5 Å². The highest BCUT2D eigenvalue weighted by atomic mass is 19.2. The number of fused-ring (bicyclic) bond motifs is 3. The van der Waals surface area contributed by atoms with Crippen molar-refractivity contribution in [2.24, 2.45) is 0 Å². The maximum atomic E-state index is 13.9. The third-order valence-corrected chi connectivity index (χ3v) is 6.31. The number of benzene rings is 2. The minimum atomic E-state index is -0.978. The number of hydrogen-bond donors (Lipinski definition) is 0. The summed E-state index contributed by atoms with van der Waals surface area (Å²) in [4.78, 5) is 25.1. The van der Waals surface area contributed by atoms with E-state index in [1.165, 1.54) is 6.07 Å². The van der Waals surface area contributed by atoms with E-state index in [1.54, 1.807) is 12.1 Å². The van der Waals surface area contributed by atoms with Crippen LogP contribution in [0.1, 0.15) is 72.3 Å². The van der Waals surface area contributed by atoms with Crippen molar-refractivity contribution in [1.29, 1.82) is 0 Å². The lowest BCUT2D eigenvalue weighted by Gasteiger charge is -2.42. The Morgan fingerprint density at radius 3 is 2.52 bits per heavy atom. The summed E-state index contributed by atoms with van der Waals surface area (Å²) in [5, 5.41) is 0. The summed E-state index contributed by atoms with van der Waals surface area (Å²) in [6.07, 6.45) is 5.04. The highest BCUT2D eigenvalue weighted by Gasteiger charge is 2.44. The minimum absolute atomic E-state index is 0.0110. The number of carbonyl (C=O) groups excluding carboxylic acids is 2. The Balaban J connectivity index is 1.67. The Morgan fingerprint density at radius 2 is 1.76 bits per heavy atom. The van der Waals surface area contributed by atoms with E-state index >= 15 is 0 Å². The molecule has 0 bridgehead atoms. The first-order valence-electron chi connectivity index (χ1n) is 10.0. The maximum absolute atomic E-state index is 13.9. The van der Waals surface area contributed by atoms with E-state index in [0.29, 0.717) is 34.6 Å². The summed E-state index contributed by atoms with van der Waals surface area (Å²) in [6.45, 7) is 0. The van der Waals surface area contributed by atoms with Crippen LogP contribution in [0.3, 0.4) is 0 Å². The number of esters is 1. The Bertz CT molecular complexity index is 1020. The van der Waals surface area contributed by atoms with Crippen LogP contribution in [0.4, 0.5) is 8.78 Å². The summed E-state index contributed by atoms with van der Waals surface area (Å²) >= 11 is 0. The molecule has 0 N–H and O–H groups in total. The van der Waals surface area contributed by atoms with Crippen LogP contribution in [-0.2, 0) is 4.79 Å². The molecule has 0 saturated heterocycles. The molecule has 6 heteroatoms. The van der Waals surface area contributed by atoms with E-state index in [0.717, 1.165) is 44.2 Å². The Labute approximate surface area is 166 Å². The number of Topliss-reactive ketones (excluding diaryl/α,β-unsaturated/α-hetero) is 1. The molecule has 2 heterocycles. The molecule has 2 aliphatic heterocycles. The van der Waals surface area contributed by atoms with Crippen LogP contribution in [0.2, 0.25) is 0 Å². The quantitative estimate of drug-likeness (QED) is 0.497. The topological polar surface area (TPSA) is 52.6 Å². The van der Waals surface area contributed by atoms with E-state index in [9.17, 15) is 18.4 Å². The monoisotopic (exact) mass is 398 g/mol. The van der Waals surface area contributed by atoms with Crippen molar-refractivity contribution in [1.82, 2.24) is 0 Å². The van der Waals surface area contributed by atoms with E-state index in [1.807, 2.05) is 0 Å². The number of halogens is 2. The second-order valence-corrected chi connectivity index (χ2v) is 8.20. The average Bonchev–Trinajstić information content (AvgIpc) is 2.69. The number of ether oxygens (including phenoxy) is 2. The number of hydrogen-bond acceptors (Lipinski definition) is 4. The lowest BCUT2D eigenvalue weighted by molar-refractivity contribution is -0.135. The van der Waals surface area contributed by atoms with Crippen molar-refractivity contribution < 1.29 is 27.8 Å². The van der Waals surface area contributed by atoms with Crippen molar-refractivity contribution in [2.75, 3.05) is 0 Å². The zero-order valence-corrected chi connectivity index (χ0v) is 15.8. The molecule has 1 atom stereocenters. The summed E-state index contributed by atoms with van der Waals surface area (Å²) in [7, 11) is 0. The van der Waals surface area contributed by atoms with Gasteiger partial charge in [0, 0.05) is 11.5 Å². The number of ketones is 1. The van der Waals surface area contributed by atoms with E-state index in [2.05, 4.69) is 0 Å². The van der Waals surface area contributed by atoms with Crippen LogP contribution in [0, 0.1) is 11.6 Å². The third-order valence-electron chi connectivity index (χ3n) is 6.31. The van der Waals surface area contributed by atoms with Gasteiger partial charge < -0.3 is 9.47 Å². The highest BCUT2D eigenvalue weighted by Crippen LogP contribution is 2.51. The molecule has 29 heavy (non-hydrogen) atoms. The second kappa shape index (κ2) is 6.65. The molecule has 0 aromatic heterocycles. The molecule has 4 nitrogen and oxygen atoms in total. The van der Waals surface area contributed by atoms with Gasteiger partial charge in [-0.25, -0.2) is 8.78 Å². The molecule has 0 radical (unpaired) electrons. The van der Waals surface area contributed by atoms with Gasteiger partial charge in [0.15, 0.2) is 17.4 Å². The SMILES string of the molecule is O=C1CC(c2ccc(F)c(F)c2)c2c(ccc3c2OC2(CCCCC2)CC3=O)O1. The minimum Gasteiger partial charge on any atom is -0.486 e. The molecule has 5 rings (SSSR count). The summed E-state index contributed by atoms with van der Waals surface area (Å²) in [5.74, 6) is -2.19. The van der Waals surface area contributed by atoms with E-state index < -0.39 is 29.1 Å². The smallest absolute Gasteiger partial charge is 0.312 e. The van der Waals surface area contributed by atoms with Gasteiger partial charge in [0.1, 0.15) is 17.1 Å². The van der Waals surface area contributed by atoms with E-state index in [-0.39, 0.29) is 12.2 Å². The van der Waals surface area contributed by atoms with Gasteiger partial charge >= 0.3 is 5.97 Å². The van der Waals surface area contributed by atoms with Crippen LogP contribution in [0.15, 0.2) is 30.3 Å². The van der Waals surface area contributed by atoms with Crippen molar-refractivity contribution in [2.45, 2.75) is 56.5 Å². The van der Waals surface area contributed by atoms with E-state index in [4.69, 9.17) is 9.47 Å². The fourth-order valence-electron chi connectivity index (χ4n) is 4.89. The van der Waals surface area contributed by atoms with Crippen molar-refractivity contribution in [3.63, 3.8) is 0 Å². The first kappa shape index (κ1) is 18.3. The van der Waals surface area contributed by atoms with Gasteiger partial charge in [-0.1, -0.05) is 12.5 Å². The lowest BCUT2D eigenvalue weighted by atomic mass is 9.76. The average molecular weight is 398 g/mol. The Kier molecular flexibility index (Phi) is 4.19. The third kappa shape index (κ3) is 3.02. The molecule has 2 aromatic carbocycles. The van der Waals surface area contributed by atoms with Gasteiger partial charge in [0.2, 0.25) is 0 Å². The molecule has 150 valence electrons. The normalized spacial score (nSPS) is 22.5. The van der Waals surface area contributed by atoms with Gasteiger partial charge in [-0.2, -0.15) is 0 Å². The van der Waals surface area contributed by atoms with Gasteiger partial charge in [-0.15, -0.1) is 0 Å². The largest absolute Gasteiger partial charge is 0.486 e. The maximum Gasteiger partial charge on any atom is 0.312 e. The molecule has 1 aliphatic carbocycles. The molecule has 1 spiro atoms. The summed E-state index contributed by atoms with van der Waals surface area (Å²) in [5.41, 5.74) is 0.962. The summed E-state index contributed by atoms with van der Waals surface area (Å²) in [6, 6.07) is 6.84. The van der Waals surface area contributed by atoms with Gasteiger partial charge in [0.05, 0.1) is 18.4 Å². The first-order chi connectivity index (χ1) is 14.0. The summed E-state index contributed by atoms with van der Waals surface area (Å²) < 4.78 is 39.3. The standard InChI is InChI=1S/C23H20F2O4/c24-16-6-4-13(10-17(16)25)15-11-20(27)28-19-7-5-14-18(26)12-23(8-2-1-3-9-23)29-22(14)21(15)19/h4-7,10,15H,1-3,8-9,11-12H2.